The number of alkyl halides is 2. The van der Waals surface area contributed by atoms with Crippen molar-refractivity contribution in [3.05, 3.63) is 18.2 Å². The minimum Gasteiger partial charge on any atom is -0.355 e. The van der Waals surface area contributed by atoms with E-state index in [-0.39, 0.29) is 12.4 Å². The van der Waals surface area contributed by atoms with Crippen LogP contribution in [0.25, 0.3) is 0 Å². The molecular weight excluding hydrogens is 338 g/mol. The topological polar surface area (TPSA) is 57.5 Å². The van der Waals surface area contributed by atoms with Gasteiger partial charge in [-0.3, -0.25) is 14.5 Å². The Hall–Kier alpha value is -1.70. The van der Waals surface area contributed by atoms with E-state index in [0.717, 1.165) is 24.2 Å². The number of halogens is 2. The van der Waals surface area contributed by atoms with Crippen LogP contribution in [0.15, 0.2) is 17.4 Å². The summed E-state index contributed by atoms with van der Waals surface area (Å²) in [5.41, 5.74) is 0. The van der Waals surface area contributed by atoms with Crippen LogP contribution in [-0.4, -0.2) is 53.1 Å². The monoisotopic (exact) mass is 370 g/mol. The molecule has 1 saturated heterocycles. The minimum absolute atomic E-state index is 0.201. The number of aromatic nitrogens is 2. The van der Waals surface area contributed by atoms with Gasteiger partial charge in [0, 0.05) is 32.0 Å². The van der Waals surface area contributed by atoms with Gasteiger partial charge in [-0.15, -0.1) is 0 Å². The van der Waals surface area contributed by atoms with Gasteiger partial charge in [-0.25, -0.2) is 4.98 Å². The first-order valence-electron chi connectivity index (χ1n) is 9.51. The van der Waals surface area contributed by atoms with Gasteiger partial charge in [0.05, 0.1) is 6.54 Å². The summed E-state index contributed by atoms with van der Waals surface area (Å²) in [5.74, 6) is 1.42. The Balaban J connectivity index is 1.88. The maximum atomic E-state index is 12.9. The molecule has 2 heterocycles. The van der Waals surface area contributed by atoms with Crippen molar-refractivity contribution < 1.29 is 8.78 Å². The molecule has 2 rings (SSSR count). The highest BCUT2D eigenvalue weighted by Gasteiger charge is 2.23. The van der Waals surface area contributed by atoms with Crippen molar-refractivity contribution in [1.82, 2.24) is 25.1 Å². The first kappa shape index (κ1) is 20.6. The summed E-state index contributed by atoms with van der Waals surface area (Å²) in [6, 6.07) is 0.426. The first-order valence-corrected chi connectivity index (χ1v) is 9.51. The Morgan fingerprint density at radius 1 is 1.19 bits per heavy atom. The zero-order chi connectivity index (χ0) is 18.9. The van der Waals surface area contributed by atoms with Crippen LogP contribution in [0.5, 0.6) is 0 Å². The highest BCUT2D eigenvalue weighted by Crippen LogP contribution is 2.17. The van der Waals surface area contributed by atoms with Gasteiger partial charge in [-0.05, 0) is 31.8 Å². The highest BCUT2D eigenvalue weighted by atomic mass is 19.3. The summed E-state index contributed by atoms with van der Waals surface area (Å²) >= 11 is 0. The summed E-state index contributed by atoms with van der Waals surface area (Å²) in [4.78, 5) is 10.8. The number of likely N-dealkylation sites (tertiary alicyclic amines) is 1. The predicted molar refractivity (Wildman–Crippen MR) is 100 cm³/mol. The van der Waals surface area contributed by atoms with E-state index >= 15 is 0 Å². The van der Waals surface area contributed by atoms with Crippen molar-refractivity contribution in [2.75, 3.05) is 26.7 Å². The molecule has 1 aliphatic heterocycles. The fourth-order valence-electron chi connectivity index (χ4n) is 3.46. The lowest BCUT2D eigenvalue weighted by atomic mass is 10.0. The molecule has 6 nitrogen and oxygen atoms in total. The largest absolute Gasteiger partial charge is 0.355 e. The molecule has 1 aliphatic rings. The molecule has 8 heteroatoms. The number of hydrogen-bond acceptors (Lipinski definition) is 3. The molecular formula is C18H32F2N6. The fraction of sp³-hybridized carbons (Fsp3) is 0.778. The third kappa shape index (κ3) is 5.93. The van der Waals surface area contributed by atoms with Crippen molar-refractivity contribution in [3.8, 4) is 0 Å². The molecule has 0 radical (unpaired) electrons. The molecule has 1 aromatic heterocycles. The smallest absolute Gasteiger partial charge is 0.319 e. The SMILES string of the molecule is CN=C(NCc1nccn1C(F)F)NCC(C(C)C)N1CCCCCC1. The van der Waals surface area contributed by atoms with E-state index in [1.165, 1.54) is 38.1 Å². The van der Waals surface area contributed by atoms with Crippen LogP contribution < -0.4 is 10.6 Å². The minimum atomic E-state index is -2.59. The Labute approximate surface area is 155 Å². The van der Waals surface area contributed by atoms with Crippen LogP contribution in [-0.2, 0) is 6.54 Å². The van der Waals surface area contributed by atoms with Crippen LogP contribution >= 0.6 is 0 Å². The molecule has 26 heavy (non-hydrogen) atoms. The summed E-state index contributed by atoms with van der Waals surface area (Å²) in [6.07, 6.45) is 7.81. The molecule has 0 spiro atoms. The predicted octanol–water partition coefficient (Wildman–Crippen LogP) is 2.84. The quantitative estimate of drug-likeness (QED) is 0.572. The number of hydrogen-bond donors (Lipinski definition) is 2. The van der Waals surface area contributed by atoms with Gasteiger partial charge in [0.2, 0.25) is 0 Å². The van der Waals surface area contributed by atoms with Gasteiger partial charge < -0.3 is 10.6 Å². The van der Waals surface area contributed by atoms with Gasteiger partial charge in [0.15, 0.2) is 5.96 Å². The molecule has 1 atom stereocenters. The molecule has 0 saturated carbocycles. The summed E-state index contributed by atoms with van der Waals surface area (Å²) < 4.78 is 26.6. The molecule has 1 aromatic rings. The maximum absolute atomic E-state index is 12.9. The van der Waals surface area contributed by atoms with Crippen LogP contribution in [0, 0.1) is 5.92 Å². The van der Waals surface area contributed by atoms with Crippen molar-refractivity contribution in [1.29, 1.82) is 0 Å². The van der Waals surface area contributed by atoms with E-state index < -0.39 is 6.55 Å². The van der Waals surface area contributed by atoms with Gasteiger partial charge in [-0.1, -0.05) is 26.7 Å². The van der Waals surface area contributed by atoms with Crippen molar-refractivity contribution >= 4 is 5.96 Å². The summed E-state index contributed by atoms with van der Waals surface area (Å²) in [7, 11) is 1.69. The summed E-state index contributed by atoms with van der Waals surface area (Å²) in [5, 5.41) is 6.43. The van der Waals surface area contributed by atoms with E-state index in [1.54, 1.807) is 7.05 Å². The second kappa shape index (κ2) is 10.4. The zero-order valence-electron chi connectivity index (χ0n) is 16.1. The lowest BCUT2D eigenvalue weighted by molar-refractivity contribution is 0.0668. The lowest BCUT2D eigenvalue weighted by Gasteiger charge is -2.34. The third-order valence-corrected chi connectivity index (χ3v) is 4.95. The van der Waals surface area contributed by atoms with Crippen LogP contribution in [0.2, 0.25) is 0 Å². The Kier molecular flexibility index (Phi) is 8.28. The molecule has 0 aliphatic carbocycles. The van der Waals surface area contributed by atoms with Crippen LogP contribution in [0.1, 0.15) is 51.9 Å². The molecule has 2 N–H and O–H groups in total. The average Bonchev–Trinajstić information content (AvgIpc) is 2.93. The fourth-order valence-corrected chi connectivity index (χ4v) is 3.46. The van der Waals surface area contributed by atoms with Crippen LogP contribution in [0.3, 0.4) is 0 Å². The molecule has 0 aromatic carbocycles. The molecule has 148 valence electrons. The standard InChI is InChI=1S/C18H32F2N6/c1-14(2)15(25-9-6-4-5-7-10-25)12-23-18(21-3)24-13-16-22-8-11-26(16)17(19)20/h8,11,14-15,17H,4-7,9-10,12-13H2,1-3H3,(H2,21,23,24). The Morgan fingerprint density at radius 3 is 2.46 bits per heavy atom. The highest BCUT2D eigenvalue weighted by molar-refractivity contribution is 5.79. The van der Waals surface area contributed by atoms with Crippen LogP contribution in [0.4, 0.5) is 8.78 Å². The van der Waals surface area contributed by atoms with Gasteiger partial charge >= 0.3 is 6.55 Å². The van der Waals surface area contributed by atoms with E-state index in [4.69, 9.17) is 0 Å². The van der Waals surface area contributed by atoms with E-state index in [1.807, 2.05) is 0 Å². The van der Waals surface area contributed by atoms with Gasteiger partial charge in [0.25, 0.3) is 0 Å². The van der Waals surface area contributed by atoms with Crippen molar-refractivity contribution in [2.24, 2.45) is 10.9 Å². The molecule has 1 fully saturated rings. The first-order chi connectivity index (χ1) is 12.5. The van der Waals surface area contributed by atoms with E-state index in [2.05, 4.69) is 39.4 Å². The molecule has 1 unspecified atom stereocenters. The average molecular weight is 370 g/mol. The number of guanidine groups is 1. The Morgan fingerprint density at radius 2 is 1.88 bits per heavy atom. The van der Waals surface area contributed by atoms with Crippen molar-refractivity contribution in [3.63, 3.8) is 0 Å². The molecule has 0 bridgehead atoms. The number of nitrogens with zero attached hydrogens (tertiary/aromatic N) is 4. The van der Waals surface area contributed by atoms with E-state index in [9.17, 15) is 8.78 Å². The number of aliphatic imine (C=N–C) groups is 1. The number of rotatable bonds is 7. The zero-order valence-corrected chi connectivity index (χ0v) is 16.1. The molecule has 0 amide bonds. The van der Waals surface area contributed by atoms with Crippen molar-refractivity contribution in [2.45, 2.75) is 58.7 Å². The third-order valence-electron chi connectivity index (χ3n) is 4.95. The second-order valence-corrected chi connectivity index (χ2v) is 7.10. The normalized spacial score (nSPS) is 18.2. The van der Waals surface area contributed by atoms with Gasteiger partial charge in [0.1, 0.15) is 5.82 Å². The number of imidazole rings is 1. The van der Waals surface area contributed by atoms with Gasteiger partial charge in [-0.2, -0.15) is 8.78 Å². The Bertz CT molecular complexity index is 550. The summed E-state index contributed by atoms with van der Waals surface area (Å²) in [6.45, 7) is 5.16. The number of nitrogens with one attached hydrogen (secondary N) is 2. The second-order valence-electron chi connectivity index (χ2n) is 7.10. The van der Waals surface area contributed by atoms with E-state index in [0.29, 0.717) is 17.9 Å². The lowest BCUT2D eigenvalue weighted by Crippen LogP contribution is -2.49. The maximum Gasteiger partial charge on any atom is 0.319 e.